The lowest BCUT2D eigenvalue weighted by atomic mass is 10.0. The van der Waals surface area contributed by atoms with Gasteiger partial charge in [-0.1, -0.05) is 17.9 Å². The van der Waals surface area contributed by atoms with Crippen LogP contribution in [0.25, 0.3) is 5.57 Å². The van der Waals surface area contributed by atoms with Gasteiger partial charge in [0.05, 0.1) is 31.4 Å². The fraction of sp³-hybridized carbons (Fsp3) is 0.375. The molecule has 1 N–H and O–H groups in total. The predicted molar refractivity (Wildman–Crippen MR) is 118 cm³/mol. The zero-order chi connectivity index (χ0) is 22.3. The van der Waals surface area contributed by atoms with Crippen molar-refractivity contribution in [3.63, 3.8) is 0 Å². The third-order valence-electron chi connectivity index (χ3n) is 5.42. The van der Waals surface area contributed by atoms with Crippen molar-refractivity contribution in [2.45, 2.75) is 12.5 Å². The zero-order valence-electron chi connectivity index (χ0n) is 18.1. The van der Waals surface area contributed by atoms with Crippen LogP contribution in [0.3, 0.4) is 0 Å². The summed E-state index contributed by atoms with van der Waals surface area (Å²) < 4.78 is 26.6. The maximum atomic E-state index is 13.4. The van der Waals surface area contributed by atoms with E-state index in [1.165, 1.54) is 12.1 Å². The standard InChI is InChI=1S/C24H27FN4O3/c1-28-22(7-8-26-28)21-17-20(27-24(30)16-18-3-2-4-19(25)15-18)5-6-23(21)32-14-11-29-9-12-31-13-10-29/h2-5,7-8,15,17,20H,9-14,16H2,1H3,(H,27,30). The van der Waals surface area contributed by atoms with E-state index in [2.05, 4.69) is 21.0 Å². The molecule has 2 heterocycles. The number of aryl methyl sites for hydroxylation is 1. The van der Waals surface area contributed by atoms with Crippen LogP contribution in [0.15, 0.2) is 60.2 Å². The molecule has 1 aliphatic carbocycles. The SMILES string of the molecule is Cn1nccc1C1=CC(NC(=O)Cc2cccc(F)c2)C=C=C1OCCN1CCOCC1. The molecule has 1 amide bonds. The highest BCUT2D eigenvalue weighted by Crippen LogP contribution is 2.26. The lowest BCUT2D eigenvalue weighted by molar-refractivity contribution is -0.120. The number of morpholine rings is 1. The van der Waals surface area contributed by atoms with Crippen LogP contribution in [-0.2, 0) is 27.7 Å². The van der Waals surface area contributed by atoms with Crippen LogP contribution in [-0.4, -0.2) is 66.1 Å². The Balaban J connectivity index is 1.44. The van der Waals surface area contributed by atoms with Crippen molar-refractivity contribution >= 4 is 11.5 Å². The van der Waals surface area contributed by atoms with Crippen molar-refractivity contribution in [2.75, 3.05) is 39.5 Å². The molecule has 1 aliphatic heterocycles. The van der Waals surface area contributed by atoms with Crippen molar-refractivity contribution in [1.29, 1.82) is 0 Å². The Kier molecular flexibility index (Phi) is 7.17. The lowest BCUT2D eigenvalue weighted by Gasteiger charge is -2.27. The predicted octanol–water partition coefficient (Wildman–Crippen LogP) is 2.07. The van der Waals surface area contributed by atoms with E-state index in [1.807, 2.05) is 19.2 Å². The molecule has 1 saturated heterocycles. The molecule has 1 unspecified atom stereocenters. The number of carbonyl (C=O) groups is 1. The van der Waals surface area contributed by atoms with E-state index < -0.39 is 0 Å². The van der Waals surface area contributed by atoms with Gasteiger partial charge in [-0.15, -0.1) is 0 Å². The van der Waals surface area contributed by atoms with Gasteiger partial charge in [0, 0.05) is 38.5 Å². The molecule has 0 spiro atoms. The van der Waals surface area contributed by atoms with Crippen molar-refractivity contribution < 1.29 is 18.7 Å². The summed E-state index contributed by atoms with van der Waals surface area (Å²) in [6.07, 6.45) is 5.52. The third-order valence-corrected chi connectivity index (χ3v) is 5.42. The van der Waals surface area contributed by atoms with Gasteiger partial charge in [0.25, 0.3) is 0 Å². The van der Waals surface area contributed by atoms with Crippen molar-refractivity contribution in [3.05, 3.63) is 77.2 Å². The smallest absolute Gasteiger partial charge is 0.225 e. The Morgan fingerprint density at radius 1 is 1.34 bits per heavy atom. The fourth-order valence-electron chi connectivity index (χ4n) is 3.76. The summed E-state index contributed by atoms with van der Waals surface area (Å²) in [6, 6.07) is 7.61. The first-order valence-electron chi connectivity index (χ1n) is 10.7. The second kappa shape index (κ2) is 10.4. The van der Waals surface area contributed by atoms with Gasteiger partial charge in [0.2, 0.25) is 5.91 Å². The minimum atomic E-state index is -0.354. The molecule has 32 heavy (non-hydrogen) atoms. The molecule has 8 heteroatoms. The van der Waals surface area contributed by atoms with Gasteiger partial charge >= 0.3 is 0 Å². The first-order valence-corrected chi connectivity index (χ1v) is 10.7. The summed E-state index contributed by atoms with van der Waals surface area (Å²) in [4.78, 5) is 14.8. The Labute approximate surface area is 186 Å². The summed E-state index contributed by atoms with van der Waals surface area (Å²) in [5, 5.41) is 7.20. The van der Waals surface area contributed by atoms with E-state index in [-0.39, 0.29) is 24.2 Å². The van der Waals surface area contributed by atoms with Crippen LogP contribution >= 0.6 is 0 Å². The number of nitrogens with one attached hydrogen (secondary N) is 1. The summed E-state index contributed by atoms with van der Waals surface area (Å²) >= 11 is 0. The van der Waals surface area contributed by atoms with E-state index >= 15 is 0 Å². The van der Waals surface area contributed by atoms with Crippen LogP contribution in [0.2, 0.25) is 0 Å². The number of aromatic nitrogens is 2. The number of nitrogens with zero attached hydrogens (tertiary/aromatic N) is 3. The number of rotatable bonds is 8. The van der Waals surface area contributed by atoms with Crippen LogP contribution < -0.4 is 5.32 Å². The Morgan fingerprint density at radius 2 is 2.19 bits per heavy atom. The van der Waals surface area contributed by atoms with Crippen LogP contribution in [0.4, 0.5) is 4.39 Å². The lowest BCUT2D eigenvalue weighted by Crippen LogP contribution is -2.38. The van der Waals surface area contributed by atoms with Gasteiger partial charge in [0.1, 0.15) is 12.4 Å². The zero-order valence-corrected chi connectivity index (χ0v) is 18.1. The van der Waals surface area contributed by atoms with E-state index in [4.69, 9.17) is 9.47 Å². The van der Waals surface area contributed by atoms with Gasteiger partial charge in [-0.2, -0.15) is 5.10 Å². The molecule has 7 nitrogen and oxygen atoms in total. The quantitative estimate of drug-likeness (QED) is 0.639. The largest absolute Gasteiger partial charge is 0.484 e. The Hall–Kier alpha value is -3.19. The summed E-state index contributed by atoms with van der Waals surface area (Å²) in [7, 11) is 1.86. The number of hydrogen-bond acceptors (Lipinski definition) is 5. The molecular weight excluding hydrogens is 411 g/mol. The molecule has 4 rings (SSSR count). The molecule has 1 atom stereocenters. The van der Waals surface area contributed by atoms with Gasteiger partial charge < -0.3 is 14.8 Å². The fourth-order valence-corrected chi connectivity index (χ4v) is 3.76. The monoisotopic (exact) mass is 438 g/mol. The Morgan fingerprint density at radius 3 is 2.94 bits per heavy atom. The molecule has 2 aliphatic rings. The minimum absolute atomic E-state index is 0.101. The topological polar surface area (TPSA) is 68.6 Å². The van der Waals surface area contributed by atoms with Crippen molar-refractivity contribution in [3.8, 4) is 0 Å². The van der Waals surface area contributed by atoms with Crippen molar-refractivity contribution in [1.82, 2.24) is 20.0 Å². The molecule has 1 aromatic carbocycles. The highest BCUT2D eigenvalue weighted by molar-refractivity contribution is 5.82. The van der Waals surface area contributed by atoms with Crippen molar-refractivity contribution in [2.24, 2.45) is 7.05 Å². The van der Waals surface area contributed by atoms with Gasteiger partial charge in [-0.05, 0) is 35.9 Å². The molecule has 1 aromatic heterocycles. The van der Waals surface area contributed by atoms with Gasteiger partial charge in [-0.3, -0.25) is 14.4 Å². The van der Waals surface area contributed by atoms with E-state index in [0.717, 1.165) is 44.1 Å². The van der Waals surface area contributed by atoms with Crippen LogP contribution in [0.5, 0.6) is 0 Å². The summed E-state index contributed by atoms with van der Waals surface area (Å²) in [5.41, 5.74) is 5.51. The van der Waals surface area contributed by atoms with E-state index in [1.54, 1.807) is 29.1 Å². The van der Waals surface area contributed by atoms with Crippen LogP contribution in [0.1, 0.15) is 11.3 Å². The average Bonchev–Trinajstić information content (AvgIpc) is 3.21. The molecule has 1 fully saturated rings. The molecule has 0 bridgehead atoms. The number of hydrogen-bond donors (Lipinski definition) is 1. The third kappa shape index (κ3) is 5.73. The normalized spacial score (nSPS) is 18.8. The highest BCUT2D eigenvalue weighted by Gasteiger charge is 2.20. The first-order chi connectivity index (χ1) is 15.6. The molecule has 0 saturated carbocycles. The van der Waals surface area contributed by atoms with E-state index in [0.29, 0.717) is 17.9 Å². The summed E-state index contributed by atoms with van der Waals surface area (Å²) in [5.74, 6) is 0.0708. The average molecular weight is 439 g/mol. The summed E-state index contributed by atoms with van der Waals surface area (Å²) in [6.45, 7) is 4.65. The van der Waals surface area contributed by atoms with Gasteiger partial charge in [-0.25, -0.2) is 4.39 Å². The van der Waals surface area contributed by atoms with Crippen LogP contribution in [0, 0.1) is 5.82 Å². The minimum Gasteiger partial charge on any atom is -0.484 e. The highest BCUT2D eigenvalue weighted by atomic mass is 19.1. The number of benzene rings is 1. The van der Waals surface area contributed by atoms with Gasteiger partial charge in [0.15, 0.2) is 5.76 Å². The van der Waals surface area contributed by atoms with E-state index in [9.17, 15) is 9.18 Å². The number of carbonyl (C=O) groups excluding carboxylic acids is 1. The molecular formula is C24H27FN4O3. The number of amides is 1. The Bertz CT molecular complexity index is 1050. The first kappa shape index (κ1) is 22.0. The molecule has 168 valence electrons. The molecule has 2 aromatic rings. The second-order valence-electron chi connectivity index (χ2n) is 7.76. The maximum absolute atomic E-state index is 13.4. The number of halogens is 1. The maximum Gasteiger partial charge on any atom is 0.225 e. The second-order valence-corrected chi connectivity index (χ2v) is 7.76. The number of ether oxygens (including phenoxy) is 2. The molecule has 0 radical (unpaired) electrons.